The Morgan fingerprint density at radius 1 is 0.944 bits per heavy atom. The van der Waals surface area contributed by atoms with Gasteiger partial charge in [-0.05, 0) is 18.8 Å². The van der Waals surface area contributed by atoms with Crippen LogP contribution in [0, 0.1) is 11.8 Å². The maximum Gasteiger partial charge on any atom is 0.132 e. The average Bonchev–Trinajstić information content (AvgIpc) is 2.18. The van der Waals surface area contributed by atoms with E-state index in [1.165, 1.54) is 0 Å². The van der Waals surface area contributed by atoms with E-state index in [1.807, 2.05) is 20.8 Å². The molecule has 2 nitrogen and oxygen atoms in total. The number of halogens is 3. The maximum absolute atomic E-state index is 10.6. The third kappa shape index (κ3) is 36.0. The van der Waals surface area contributed by atoms with Gasteiger partial charge in [0.2, 0.25) is 0 Å². The van der Waals surface area contributed by atoms with E-state index in [0.29, 0.717) is 24.0 Å². The molecule has 0 aromatic carbocycles. The number of rotatable bonds is 5. The van der Waals surface area contributed by atoms with Gasteiger partial charge in [-0.15, -0.1) is 24.0 Å². The number of Topliss-reactive ketones (excluding diaryl/α,β-unsaturated/α-hetero) is 2. The molecule has 5 heteroatoms. The molecule has 0 heterocycles. The van der Waals surface area contributed by atoms with Crippen LogP contribution in [0.1, 0.15) is 60.8 Å². The summed E-state index contributed by atoms with van der Waals surface area (Å²) >= 11 is 4.24. The van der Waals surface area contributed by atoms with Crippen molar-refractivity contribution in [2.45, 2.75) is 60.8 Å². The summed E-state index contributed by atoms with van der Waals surface area (Å²) in [4.78, 5) is 20.9. The lowest BCUT2D eigenvalue weighted by molar-refractivity contribution is -0.119. The minimum atomic E-state index is 0. The van der Waals surface area contributed by atoms with Gasteiger partial charge in [0.1, 0.15) is 11.6 Å². The molecule has 0 spiro atoms. The molecule has 0 aliphatic heterocycles. The number of hydrogen-bond acceptors (Lipinski definition) is 2. The first-order valence-electron chi connectivity index (χ1n) is 5.94. The zero-order valence-corrected chi connectivity index (χ0v) is 18.9. The lowest BCUT2D eigenvalue weighted by Crippen LogP contribution is -1.99. The van der Waals surface area contributed by atoms with E-state index in [1.54, 1.807) is 6.92 Å². The van der Waals surface area contributed by atoms with Crippen LogP contribution in [0.25, 0.3) is 0 Å². The Bertz CT molecular complexity index is 193. The molecule has 0 amide bonds. The van der Waals surface area contributed by atoms with Crippen molar-refractivity contribution in [3.63, 3.8) is 0 Å². The molecular formula is C13H27I3O2. The lowest BCUT2D eigenvalue weighted by atomic mass is 10.1. The second-order valence-electron chi connectivity index (χ2n) is 4.79. The maximum atomic E-state index is 10.6. The predicted molar refractivity (Wildman–Crippen MR) is 108 cm³/mol. The van der Waals surface area contributed by atoms with Gasteiger partial charge in [0.05, 0.1) is 0 Å². The van der Waals surface area contributed by atoms with Gasteiger partial charge in [-0.2, -0.15) is 0 Å². The SMILES string of the molecule is CC(=O)CC(C)C.CCC(=O)CC(C)C.I.II. The third-order valence-electron chi connectivity index (χ3n) is 1.73. The Hall–Kier alpha value is 1.53. The highest BCUT2D eigenvalue weighted by molar-refractivity contribution is 15.0. The summed E-state index contributed by atoms with van der Waals surface area (Å²) in [7, 11) is 0. The average molecular weight is 596 g/mol. The van der Waals surface area contributed by atoms with Crippen LogP contribution in [-0.2, 0) is 9.59 Å². The van der Waals surface area contributed by atoms with Gasteiger partial charge in [-0.3, -0.25) is 4.79 Å². The van der Waals surface area contributed by atoms with Crippen molar-refractivity contribution in [2.24, 2.45) is 11.8 Å². The van der Waals surface area contributed by atoms with Gasteiger partial charge in [0.25, 0.3) is 0 Å². The molecule has 0 rings (SSSR count). The van der Waals surface area contributed by atoms with Crippen LogP contribution >= 0.6 is 61.2 Å². The van der Waals surface area contributed by atoms with E-state index < -0.39 is 0 Å². The Labute approximate surface area is 153 Å². The van der Waals surface area contributed by atoms with Gasteiger partial charge in [0, 0.05) is 56.5 Å². The normalized spacial score (nSPS) is 8.56. The second-order valence-corrected chi connectivity index (χ2v) is 4.79. The molecule has 0 radical (unpaired) electrons. The molecule has 0 aromatic rings. The van der Waals surface area contributed by atoms with E-state index in [9.17, 15) is 9.59 Å². The minimum absolute atomic E-state index is 0. The number of carbonyl (C=O) groups excluding carboxylic acids is 2. The van der Waals surface area contributed by atoms with Crippen LogP contribution in [0.5, 0.6) is 0 Å². The quantitative estimate of drug-likeness (QED) is 0.364. The van der Waals surface area contributed by atoms with E-state index in [0.717, 1.165) is 12.8 Å². The molecule has 0 aliphatic rings. The molecule has 0 bridgehead atoms. The highest BCUT2D eigenvalue weighted by atomic mass is 128. The van der Waals surface area contributed by atoms with Gasteiger partial charge in [-0.25, -0.2) is 0 Å². The zero-order chi connectivity index (χ0) is 14.4. The lowest BCUT2D eigenvalue weighted by Gasteiger charge is -1.98. The summed E-state index contributed by atoms with van der Waals surface area (Å²) in [6.45, 7) is 11.7. The fourth-order valence-electron chi connectivity index (χ4n) is 1.17. The summed E-state index contributed by atoms with van der Waals surface area (Å²) < 4.78 is 0. The highest BCUT2D eigenvalue weighted by Gasteiger charge is 1.99. The van der Waals surface area contributed by atoms with E-state index in [-0.39, 0.29) is 29.8 Å². The van der Waals surface area contributed by atoms with E-state index in [4.69, 9.17) is 0 Å². The highest BCUT2D eigenvalue weighted by Crippen LogP contribution is 2.01. The van der Waals surface area contributed by atoms with E-state index in [2.05, 4.69) is 51.1 Å². The molecule has 0 saturated heterocycles. The second kappa shape index (κ2) is 20.8. The fraction of sp³-hybridized carbons (Fsp3) is 0.846. The largest absolute Gasteiger partial charge is 0.300 e. The van der Waals surface area contributed by atoms with Crippen LogP contribution in [0.3, 0.4) is 0 Å². The molecule has 18 heavy (non-hydrogen) atoms. The van der Waals surface area contributed by atoms with Crippen LogP contribution in [0.15, 0.2) is 0 Å². The molecule has 0 unspecified atom stereocenters. The van der Waals surface area contributed by atoms with Crippen LogP contribution in [0.2, 0.25) is 0 Å². The standard InChI is InChI=1S/C7H14O.C6H12O.I2.HI/c1-4-7(8)5-6(2)3;1-5(2)4-6(3)7;1-2;/h6H,4-5H2,1-3H3;5H,4H2,1-3H3;;1H. The number of hydrogen-bond donors (Lipinski definition) is 0. The summed E-state index contributed by atoms with van der Waals surface area (Å²) in [6, 6.07) is 0. The van der Waals surface area contributed by atoms with Crippen molar-refractivity contribution in [3.05, 3.63) is 0 Å². The molecule has 112 valence electrons. The molecule has 0 aromatic heterocycles. The van der Waals surface area contributed by atoms with Crippen LogP contribution in [-0.4, -0.2) is 11.6 Å². The Kier molecular flexibility index (Phi) is 32.2. The molecule has 0 fully saturated rings. The third-order valence-corrected chi connectivity index (χ3v) is 1.73. The Morgan fingerprint density at radius 2 is 1.28 bits per heavy atom. The number of carbonyl (C=O) groups is 2. The van der Waals surface area contributed by atoms with Gasteiger partial charge in [0.15, 0.2) is 0 Å². The molecule has 0 atom stereocenters. The van der Waals surface area contributed by atoms with Crippen molar-refractivity contribution < 1.29 is 9.59 Å². The van der Waals surface area contributed by atoms with Gasteiger partial charge >= 0.3 is 0 Å². The zero-order valence-electron chi connectivity index (χ0n) is 12.3. The summed E-state index contributed by atoms with van der Waals surface area (Å²) in [5.74, 6) is 1.72. The van der Waals surface area contributed by atoms with Crippen LogP contribution < -0.4 is 0 Å². The smallest absolute Gasteiger partial charge is 0.132 e. The molecule has 0 saturated carbocycles. The summed E-state index contributed by atoms with van der Waals surface area (Å²) in [5, 5.41) is 0. The molecular weight excluding hydrogens is 569 g/mol. The van der Waals surface area contributed by atoms with Gasteiger partial charge in [-0.1, -0.05) is 34.6 Å². The van der Waals surface area contributed by atoms with Crippen molar-refractivity contribution in [3.8, 4) is 0 Å². The van der Waals surface area contributed by atoms with Crippen molar-refractivity contribution >= 4 is 72.8 Å². The molecule has 0 aliphatic carbocycles. The molecule has 0 N–H and O–H groups in total. The van der Waals surface area contributed by atoms with Crippen molar-refractivity contribution in [1.29, 1.82) is 0 Å². The van der Waals surface area contributed by atoms with Crippen LogP contribution in [0.4, 0.5) is 0 Å². The van der Waals surface area contributed by atoms with Crippen molar-refractivity contribution in [1.82, 2.24) is 0 Å². The first-order valence-corrected chi connectivity index (χ1v) is 12.2. The van der Waals surface area contributed by atoms with E-state index >= 15 is 0 Å². The fourth-order valence-corrected chi connectivity index (χ4v) is 1.17. The Balaban J connectivity index is -0.0000000916. The number of ketones is 2. The first kappa shape index (κ1) is 27.8. The topological polar surface area (TPSA) is 34.1 Å². The van der Waals surface area contributed by atoms with Gasteiger partial charge < -0.3 is 4.79 Å². The monoisotopic (exact) mass is 596 g/mol. The Morgan fingerprint density at radius 3 is 1.33 bits per heavy atom. The first-order chi connectivity index (χ1) is 7.79. The summed E-state index contributed by atoms with van der Waals surface area (Å²) in [5.41, 5.74) is 0. The van der Waals surface area contributed by atoms with Crippen molar-refractivity contribution in [2.75, 3.05) is 0 Å². The minimum Gasteiger partial charge on any atom is -0.300 e. The summed E-state index contributed by atoms with van der Waals surface area (Å²) in [6.07, 6.45) is 2.16. The predicted octanol–water partition coefficient (Wildman–Crippen LogP) is 6.02.